The lowest BCUT2D eigenvalue weighted by atomic mass is 9.89. The number of carboxylic acids is 1. The number of likely N-dealkylation sites (N-methyl/N-ethyl adjacent to an activating group) is 1. The topological polar surface area (TPSA) is 43.8 Å². The Hall–Kier alpha value is -1.39. The Balaban J connectivity index is 1.91. The van der Waals surface area contributed by atoms with Crippen LogP contribution in [0.2, 0.25) is 0 Å². The minimum atomic E-state index is -0.717. The van der Waals surface area contributed by atoms with Crippen LogP contribution < -0.4 is 0 Å². The number of carboxylic acid groups (broad SMARTS) is 1. The molecule has 4 nitrogen and oxygen atoms in total. The third-order valence-electron chi connectivity index (χ3n) is 5.32. The summed E-state index contributed by atoms with van der Waals surface area (Å²) < 4.78 is 0. The highest BCUT2D eigenvalue weighted by Crippen LogP contribution is 2.27. The van der Waals surface area contributed by atoms with Gasteiger partial charge in [-0.2, -0.15) is 0 Å². The molecule has 4 heteroatoms. The average Bonchev–Trinajstić information content (AvgIpc) is 2.60. The van der Waals surface area contributed by atoms with E-state index in [2.05, 4.69) is 60.9 Å². The van der Waals surface area contributed by atoms with Crippen molar-refractivity contribution in [3.63, 3.8) is 0 Å². The number of benzene rings is 1. The van der Waals surface area contributed by atoms with Crippen molar-refractivity contribution in [1.29, 1.82) is 0 Å². The molecule has 0 aliphatic carbocycles. The number of nitrogens with zero attached hydrogens (tertiary/aromatic N) is 2. The van der Waals surface area contributed by atoms with Gasteiger partial charge in [-0.1, -0.05) is 51.1 Å². The van der Waals surface area contributed by atoms with Crippen molar-refractivity contribution in [3.05, 3.63) is 35.9 Å². The number of rotatable bonds is 9. The first-order valence-electron chi connectivity index (χ1n) is 9.72. The van der Waals surface area contributed by atoms with Crippen molar-refractivity contribution in [2.45, 2.75) is 52.0 Å². The molecule has 0 amide bonds. The Morgan fingerprint density at radius 1 is 1.24 bits per heavy atom. The Labute approximate surface area is 152 Å². The van der Waals surface area contributed by atoms with Gasteiger partial charge in [0.25, 0.3) is 0 Å². The highest BCUT2D eigenvalue weighted by atomic mass is 16.4. The van der Waals surface area contributed by atoms with Gasteiger partial charge in [0.15, 0.2) is 0 Å². The van der Waals surface area contributed by atoms with Gasteiger partial charge in [0, 0.05) is 12.6 Å². The van der Waals surface area contributed by atoms with Crippen LogP contribution in [0, 0.1) is 5.92 Å². The van der Waals surface area contributed by atoms with E-state index in [1.165, 1.54) is 12.0 Å². The lowest BCUT2D eigenvalue weighted by Crippen LogP contribution is -2.47. The van der Waals surface area contributed by atoms with Crippen LogP contribution in [0.4, 0.5) is 0 Å². The zero-order chi connectivity index (χ0) is 18.2. The van der Waals surface area contributed by atoms with Crippen LogP contribution in [0.15, 0.2) is 30.3 Å². The van der Waals surface area contributed by atoms with Crippen LogP contribution in [0.5, 0.6) is 0 Å². The summed E-state index contributed by atoms with van der Waals surface area (Å²) in [5.74, 6) is 0.554. The molecule has 25 heavy (non-hydrogen) atoms. The lowest BCUT2D eigenvalue weighted by Gasteiger charge is -2.39. The monoisotopic (exact) mass is 346 g/mol. The molecular weight excluding hydrogens is 312 g/mol. The Morgan fingerprint density at radius 3 is 2.40 bits per heavy atom. The maximum atomic E-state index is 11.0. The predicted octanol–water partition coefficient (Wildman–Crippen LogP) is 3.69. The summed E-state index contributed by atoms with van der Waals surface area (Å²) in [7, 11) is 0. The van der Waals surface area contributed by atoms with E-state index in [1.807, 2.05) is 0 Å². The first-order valence-corrected chi connectivity index (χ1v) is 9.72. The summed E-state index contributed by atoms with van der Waals surface area (Å²) in [5.41, 5.74) is 1.44. The third-order valence-corrected chi connectivity index (χ3v) is 5.32. The van der Waals surface area contributed by atoms with Crippen LogP contribution in [0.1, 0.15) is 51.5 Å². The fourth-order valence-corrected chi connectivity index (χ4v) is 4.06. The van der Waals surface area contributed by atoms with Gasteiger partial charge in [-0.25, -0.2) is 0 Å². The van der Waals surface area contributed by atoms with Crippen molar-refractivity contribution in [2.75, 3.05) is 32.7 Å². The minimum Gasteiger partial charge on any atom is -0.480 e. The smallest absolute Gasteiger partial charge is 0.317 e. The van der Waals surface area contributed by atoms with Gasteiger partial charge < -0.3 is 10.0 Å². The molecule has 1 N–H and O–H groups in total. The molecule has 0 spiro atoms. The quantitative estimate of drug-likeness (QED) is 0.741. The van der Waals surface area contributed by atoms with Crippen molar-refractivity contribution < 1.29 is 9.90 Å². The first-order chi connectivity index (χ1) is 12.0. The van der Waals surface area contributed by atoms with Gasteiger partial charge in [-0.05, 0) is 56.3 Å². The number of hydrogen-bond acceptors (Lipinski definition) is 3. The summed E-state index contributed by atoms with van der Waals surface area (Å²) in [5, 5.41) is 9.07. The maximum Gasteiger partial charge on any atom is 0.317 e. The van der Waals surface area contributed by atoms with E-state index in [4.69, 9.17) is 5.11 Å². The molecule has 1 aromatic carbocycles. The molecule has 1 heterocycles. The van der Waals surface area contributed by atoms with E-state index in [-0.39, 0.29) is 6.54 Å². The molecular formula is C21H34N2O2. The van der Waals surface area contributed by atoms with Gasteiger partial charge in [0.2, 0.25) is 0 Å². The molecule has 2 rings (SSSR count). The van der Waals surface area contributed by atoms with Crippen LogP contribution in [-0.4, -0.2) is 59.6 Å². The summed E-state index contributed by atoms with van der Waals surface area (Å²) in [6.07, 6.45) is 3.36. The fraction of sp³-hybridized carbons (Fsp3) is 0.667. The number of hydrogen-bond donors (Lipinski definition) is 1. The Morgan fingerprint density at radius 2 is 1.88 bits per heavy atom. The van der Waals surface area contributed by atoms with E-state index in [0.29, 0.717) is 17.9 Å². The summed E-state index contributed by atoms with van der Waals surface area (Å²) in [4.78, 5) is 15.7. The second-order valence-corrected chi connectivity index (χ2v) is 7.73. The molecule has 1 atom stereocenters. The van der Waals surface area contributed by atoms with Crippen LogP contribution in [-0.2, 0) is 4.79 Å². The first kappa shape index (κ1) is 19.9. The van der Waals surface area contributed by atoms with Crippen molar-refractivity contribution in [3.8, 4) is 0 Å². The van der Waals surface area contributed by atoms with Crippen LogP contribution >= 0.6 is 0 Å². The lowest BCUT2D eigenvalue weighted by molar-refractivity contribution is -0.139. The predicted molar refractivity (Wildman–Crippen MR) is 103 cm³/mol. The number of carbonyl (C=O) groups is 1. The second kappa shape index (κ2) is 9.93. The summed E-state index contributed by atoms with van der Waals surface area (Å²) in [6.45, 7) is 10.9. The molecule has 1 unspecified atom stereocenters. The Bertz CT molecular complexity index is 510. The zero-order valence-electron chi connectivity index (χ0n) is 16.0. The molecule has 140 valence electrons. The maximum absolute atomic E-state index is 11.0. The normalized spacial score (nSPS) is 18.0. The molecule has 1 aliphatic rings. The summed E-state index contributed by atoms with van der Waals surface area (Å²) in [6, 6.07) is 11.3. The van der Waals surface area contributed by atoms with Gasteiger partial charge in [0.05, 0.1) is 6.54 Å². The number of piperidine rings is 1. The van der Waals surface area contributed by atoms with Crippen molar-refractivity contribution in [2.24, 2.45) is 5.92 Å². The summed E-state index contributed by atoms with van der Waals surface area (Å²) >= 11 is 0. The van der Waals surface area contributed by atoms with E-state index >= 15 is 0 Å². The molecule has 0 saturated carbocycles. The zero-order valence-corrected chi connectivity index (χ0v) is 16.0. The van der Waals surface area contributed by atoms with Gasteiger partial charge in [0.1, 0.15) is 0 Å². The van der Waals surface area contributed by atoms with E-state index in [0.717, 1.165) is 39.0 Å². The van der Waals surface area contributed by atoms with Crippen molar-refractivity contribution >= 4 is 5.97 Å². The van der Waals surface area contributed by atoms with Gasteiger partial charge >= 0.3 is 5.97 Å². The molecule has 1 fully saturated rings. The number of likely N-dealkylation sites (tertiary alicyclic amines) is 1. The van der Waals surface area contributed by atoms with Gasteiger partial charge in [-0.3, -0.25) is 9.69 Å². The van der Waals surface area contributed by atoms with E-state index < -0.39 is 5.97 Å². The highest BCUT2D eigenvalue weighted by molar-refractivity contribution is 5.69. The average molecular weight is 347 g/mol. The van der Waals surface area contributed by atoms with E-state index in [1.54, 1.807) is 0 Å². The minimum absolute atomic E-state index is 0.168. The third kappa shape index (κ3) is 6.44. The highest BCUT2D eigenvalue weighted by Gasteiger charge is 2.26. The Kier molecular flexibility index (Phi) is 7.91. The largest absolute Gasteiger partial charge is 0.480 e. The number of aliphatic carboxylic acids is 1. The fourth-order valence-electron chi connectivity index (χ4n) is 4.06. The van der Waals surface area contributed by atoms with Crippen molar-refractivity contribution in [1.82, 2.24) is 9.80 Å². The van der Waals surface area contributed by atoms with E-state index in [9.17, 15) is 4.79 Å². The molecule has 0 radical (unpaired) electrons. The van der Waals surface area contributed by atoms with Crippen LogP contribution in [0.25, 0.3) is 0 Å². The van der Waals surface area contributed by atoms with Crippen LogP contribution in [0.3, 0.4) is 0 Å². The second-order valence-electron chi connectivity index (χ2n) is 7.73. The molecule has 0 bridgehead atoms. The molecule has 1 aliphatic heterocycles. The van der Waals surface area contributed by atoms with Gasteiger partial charge in [-0.15, -0.1) is 0 Å². The molecule has 0 aromatic heterocycles. The standard InChI is InChI=1S/C21H34N2O2/c1-4-23(16-21(24)25)20-10-12-22(13-11-20)15-19(14-17(2)3)18-8-6-5-7-9-18/h5-9,17,19-20H,4,10-16H2,1-3H3,(H,24,25). The SMILES string of the molecule is CCN(CC(=O)O)C1CCN(CC(CC(C)C)c2ccccc2)CC1. The molecule has 1 saturated heterocycles. The molecule has 1 aromatic rings.